The second-order valence-corrected chi connectivity index (χ2v) is 5.55. The van der Waals surface area contributed by atoms with Crippen LogP contribution in [0.4, 0.5) is 10.1 Å². The fourth-order valence-electron chi connectivity index (χ4n) is 2.97. The average molecular weight is 269 g/mol. The van der Waals surface area contributed by atoms with E-state index >= 15 is 0 Å². The van der Waals surface area contributed by atoms with Gasteiger partial charge in [0.15, 0.2) is 0 Å². The summed E-state index contributed by atoms with van der Waals surface area (Å²) >= 11 is 0. The molecule has 0 fully saturated rings. The van der Waals surface area contributed by atoms with Gasteiger partial charge in [-0.2, -0.15) is 0 Å². The zero-order chi connectivity index (χ0) is 13.9. The molecule has 104 valence electrons. The molecule has 0 saturated carbocycles. The van der Waals surface area contributed by atoms with Crippen molar-refractivity contribution >= 4 is 5.69 Å². The lowest BCUT2D eigenvalue weighted by molar-refractivity contribution is 0.624. The molecule has 0 aromatic heterocycles. The standard InChI is InChI=1S/C18H20FN/c1-13-7-10-17(19)12-16(13)9-8-15-5-2-4-14-6-3-11-20-18(14)15/h2,4-5,7,10,12,20H,3,6,8-9,11H2,1H3. The van der Waals surface area contributed by atoms with E-state index in [9.17, 15) is 4.39 Å². The summed E-state index contributed by atoms with van der Waals surface area (Å²) in [5, 5.41) is 3.52. The molecular weight excluding hydrogens is 249 g/mol. The number of benzene rings is 2. The number of aryl methyl sites for hydroxylation is 4. The van der Waals surface area contributed by atoms with Gasteiger partial charge in [-0.25, -0.2) is 4.39 Å². The van der Waals surface area contributed by atoms with E-state index in [1.807, 2.05) is 13.0 Å². The molecule has 0 radical (unpaired) electrons. The zero-order valence-corrected chi connectivity index (χ0v) is 11.9. The average Bonchev–Trinajstić information content (AvgIpc) is 2.48. The minimum atomic E-state index is -0.140. The number of nitrogens with one attached hydrogen (secondary N) is 1. The summed E-state index contributed by atoms with van der Waals surface area (Å²) in [4.78, 5) is 0. The van der Waals surface area contributed by atoms with Crippen molar-refractivity contribution in [2.75, 3.05) is 11.9 Å². The van der Waals surface area contributed by atoms with Gasteiger partial charge in [-0.3, -0.25) is 0 Å². The molecule has 1 aliphatic heterocycles. The normalized spacial score (nSPS) is 13.7. The second-order valence-electron chi connectivity index (χ2n) is 5.55. The van der Waals surface area contributed by atoms with Crippen LogP contribution in [0.2, 0.25) is 0 Å². The largest absolute Gasteiger partial charge is 0.385 e. The summed E-state index contributed by atoms with van der Waals surface area (Å²) in [6.45, 7) is 3.11. The number of hydrogen-bond acceptors (Lipinski definition) is 1. The smallest absolute Gasteiger partial charge is 0.123 e. The van der Waals surface area contributed by atoms with Gasteiger partial charge in [0.05, 0.1) is 0 Å². The molecule has 1 aliphatic rings. The van der Waals surface area contributed by atoms with Gasteiger partial charge in [-0.05, 0) is 67.0 Å². The molecule has 0 amide bonds. The Hall–Kier alpha value is -1.83. The van der Waals surface area contributed by atoms with Crippen molar-refractivity contribution in [1.29, 1.82) is 0 Å². The van der Waals surface area contributed by atoms with E-state index in [-0.39, 0.29) is 5.82 Å². The highest BCUT2D eigenvalue weighted by atomic mass is 19.1. The van der Waals surface area contributed by atoms with Gasteiger partial charge in [-0.1, -0.05) is 24.3 Å². The van der Waals surface area contributed by atoms with Gasteiger partial charge in [0.2, 0.25) is 0 Å². The van der Waals surface area contributed by atoms with Crippen LogP contribution in [0.3, 0.4) is 0 Å². The molecular formula is C18H20FN. The molecule has 0 atom stereocenters. The Morgan fingerprint density at radius 1 is 1.10 bits per heavy atom. The molecule has 1 heterocycles. The van der Waals surface area contributed by atoms with E-state index in [0.717, 1.165) is 31.4 Å². The summed E-state index contributed by atoms with van der Waals surface area (Å²) in [7, 11) is 0. The van der Waals surface area contributed by atoms with Crippen LogP contribution in [0.25, 0.3) is 0 Å². The molecule has 0 saturated heterocycles. The Bertz CT molecular complexity index is 619. The van der Waals surface area contributed by atoms with Gasteiger partial charge < -0.3 is 5.32 Å². The van der Waals surface area contributed by atoms with Crippen molar-refractivity contribution in [3.63, 3.8) is 0 Å². The number of halogens is 1. The van der Waals surface area contributed by atoms with Crippen molar-refractivity contribution in [3.8, 4) is 0 Å². The third-order valence-corrected chi connectivity index (χ3v) is 4.14. The topological polar surface area (TPSA) is 12.0 Å². The Labute approximate surface area is 119 Å². The molecule has 0 aliphatic carbocycles. The van der Waals surface area contributed by atoms with Crippen molar-refractivity contribution in [2.45, 2.75) is 32.6 Å². The van der Waals surface area contributed by atoms with E-state index in [1.54, 1.807) is 6.07 Å². The van der Waals surface area contributed by atoms with Crippen molar-refractivity contribution < 1.29 is 4.39 Å². The molecule has 1 nitrogen and oxygen atoms in total. The summed E-state index contributed by atoms with van der Waals surface area (Å²) in [6.07, 6.45) is 4.22. The minimum absolute atomic E-state index is 0.140. The summed E-state index contributed by atoms with van der Waals surface area (Å²) < 4.78 is 13.3. The van der Waals surface area contributed by atoms with Gasteiger partial charge in [0, 0.05) is 12.2 Å². The van der Waals surface area contributed by atoms with Crippen molar-refractivity contribution in [1.82, 2.24) is 0 Å². The highest BCUT2D eigenvalue weighted by molar-refractivity contribution is 5.59. The van der Waals surface area contributed by atoms with Crippen LogP contribution < -0.4 is 5.32 Å². The predicted molar refractivity (Wildman–Crippen MR) is 81.8 cm³/mol. The van der Waals surface area contributed by atoms with E-state index in [2.05, 4.69) is 23.5 Å². The summed E-state index contributed by atoms with van der Waals surface area (Å²) in [6, 6.07) is 11.6. The van der Waals surface area contributed by atoms with Gasteiger partial charge in [0.25, 0.3) is 0 Å². The van der Waals surface area contributed by atoms with E-state index in [4.69, 9.17) is 0 Å². The van der Waals surface area contributed by atoms with Crippen LogP contribution >= 0.6 is 0 Å². The number of hydrogen-bond donors (Lipinski definition) is 1. The predicted octanol–water partition coefficient (Wildman–Crippen LogP) is 4.28. The first kappa shape index (κ1) is 13.2. The molecule has 2 aromatic rings. The monoisotopic (exact) mass is 269 g/mol. The number of fused-ring (bicyclic) bond motifs is 1. The fraction of sp³-hybridized carbons (Fsp3) is 0.333. The van der Waals surface area contributed by atoms with E-state index < -0.39 is 0 Å². The molecule has 0 unspecified atom stereocenters. The number of para-hydroxylation sites is 1. The van der Waals surface area contributed by atoms with Gasteiger partial charge in [-0.15, -0.1) is 0 Å². The second kappa shape index (κ2) is 5.66. The first-order valence-corrected chi connectivity index (χ1v) is 7.34. The van der Waals surface area contributed by atoms with Gasteiger partial charge in [0.1, 0.15) is 5.82 Å². The Morgan fingerprint density at radius 3 is 2.85 bits per heavy atom. The summed E-state index contributed by atoms with van der Waals surface area (Å²) in [5.74, 6) is -0.140. The number of anilines is 1. The van der Waals surface area contributed by atoms with Crippen molar-refractivity contribution in [2.24, 2.45) is 0 Å². The maximum Gasteiger partial charge on any atom is 0.123 e. The SMILES string of the molecule is Cc1ccc(F)cc1CCc1cccc2c1NCCC2. The fourth-order valence-corrected chi connectivity index (χ4v) is 2.97. The quantitative estimate of drug-likeness (QED) is 0.877. The zero-order valence-electron chi connectivity index (χ0n) is 11.9. The molecule has 3 rings (SSSR count). The lowest BCUT2D eigenvalue weighted by atomic mass is 9.95. The van der Waals surface area contributed by atoms with E-state index in [0.29, 0.717) is 0 Å². The van der Waals surface area contributed by atoms with E-state index in [1.165, 1.54) is 34.9 Å². The van der Waals surface area contributed by atoms with Crippen LogP contribution in [0.1, 0.15) is 28.7 Å². The number of rotatable bonds is 3. The molecule has 1 N–H and O–H groups in total. The third-order valence-electron chi connectivity index (χ3n) is 4.14. The third kappa shape index (κ3) is 2.69. The highest BCUT2D eigenvalue weighted by Gasteiger charge is 2.12. The van der Waals surface area contributed by atoms with Crippen LogP contribution in [0.15, 0.2) is 36.4 Å². The van der Waals surface area contributed by atoms with Crippen LogP contribution in [-0.2, 0) is 19.3 Å². The van der Waals surface area contributed by atoms with Crippen LogP contribution in [0, 0.1) is 12.7 Å². The van der Waals surface area contributed by atoms with Crippen LogP contribution in [-0.4, -0.2) is 6.54 Å². The maximum atomic E-state index is 13.3. The summed E-state index contributed by atoms with van der Waals surface area (Å²) in [5.41, 5.74) is 6.37. The molecule has 0 bridgehead atoms. The lowest BCUT2D eigenvalue weighted by Gasteiger charge is -2.21. The Kier molecular flexibility index (Phi) is 3.72. The van der Waals surface area contributed by atoms with Crippen LogP contribution in [0.5, 0.6) is 0 Å². The first-order chi connectivity index (χ1) is 9.74. The van der Waals surface area contributed by atoms with Gasteiger partial charge >= 0.3 is 0 Å². The first-order valence-electron chi connectivity index (χ1n) is 7.34. The highest BCUT2D eigenvalue weighted by Crippen LogP contribution is 2.27. The molecule has 2 heteroatoms. The molecule has 2 aromatic carbocycles. The minimum Gasteiger partial charge on any atom is -0.385 e. The maximum absolute atomic E-state index is 13.3. The van der Waals surface area contributed by atoms with Crippen molar-refractivity contribution in [3.05, 3.63) is 64.5 Å². The molecule has 0 spiro atoms. The molecule has 20 heavy (non-hydrogen) atoms. The Balaban J connectivity index is 1.80. The Morgan fingerprint density at radius 2 is 1.95 bits per heavy atom. The lowest BCUT2D eigenvalue weighted by Crippen LogP contribution is -2.14.